The number of hydrogen-bond acceptors (Lipinski definition) is 6. The first kappa shape index (κ1) is 22.0. The van der Waals surface area contributed by atoms with E-state index in [1.54, 1.807) is 19.2 Å². The Morgan fingerprint density at radius 3 is 2.27 bits per heavy atom. The van der Waals surface area contributed by atoms with Crippen LogP contribution >= 0.6 is 15.9 Å². The summed E-state index contributed by atoms with van der Waals surface area (Å²) >= 11 is 3.40. The molecule has 0 aliphatic heterocycles. The number of carbonyl (C=O) groups excluding carboxylic acids is 2. The molecule has 2 aromatic carbocycles. The van der Waals surface area contributed by atoms with Gasteiger partial charge in [-0.25, -0.2) is 4.79 Å². The molecule has 0 radical (unpaired) electrons. The lowest BCUT2D eigenvalue weighted by molar-refractivity contribution is -0.117. The number of hydrogen-bond donors (Lipinski definition) is 1. The van der Waals surface area contributed by atoms with Crippen molar-refractivity contribution in [3.63, 3.8) is 0 Å². The normalized spacial score (nSPS) is 17.1. The molecule has 1 N–H and O–H groups in total. The first-order valence-corrected chi connectivity index (χ1v) is 10.2. The first-order valence-electron chi connectivity index (χ1n) is 9.44. The second-order valence-corrected chi connectivity index (χ2v) is 8.01. The third kappa shape index (κ3) is 4.87. The van der Waals surface area contributed by atoms with Crippen molar-refractivity contribution in [2.45, 2.75) is 20.0 Å². The van der Waals surface area contributed by atoms with Crippen molar-refractivity contribution in [1.29, 1.82) is 0 Å². The van der Waals surface area contributed by atoms with E-state index < -0.39 is 5.97 Å². The summed E-state index contributed by atoms with van der Waals surface area (Å²) in [6, 6.07) is 8.51. The number of halogens is 1. The number of esters is 1. The zero-order chi connectivity index (χ0) is 21.8. The van der Waals surface area contributed by atoms with Crippen LogP contribution in [0.4, 0.5) is 5.69 Å². The highest BCUT2D eigenvalue weighted by atomic mass is 79.9. The molecule has 1 amide bonds. The molecule has 30 heavy (non-hydrogen) atoms. The van der Waals surface area contributed by atoms with Gasteiger partial charge in [-0.2, -0.15) is 0 Å². The molecule has 1 aliphatic rings. The molecule has 1 aliphatic carbocycles. The number of methoxy groups -OCH3 is 3. The lowest BCUT2D eigenvalue weighted by Gasteiger charge is -2.16. The summed E-state index contributed by atoms with van der Waals surface area (Å²) in [5, 5.41) is 2.83. The summed E-state index contributed by atoms with van der Waals surface area (Å²) in [6.45, 7) is 2.02. The van der Waals surface area contributed by atoms with E-state index in [1.165, 1.54) is 20.3 Å². The van der Waals surface area contributed by atoms with Gasteiger partial charge in [0.15, 0.2) is 11.5 Å². The molecule has 160 valence electrons. The highest BCUT2D eigenvalue weighted by Crippen LogP contribution is 2.40. The second kappa shape index (κ2) is 9.38. The van der Waals surface area contributed by atoms with Gasteiger partial charge < -0.3 is 24.3 Å². The molecule has 1 fully saturated rings. The van der Waals surface area contributed by atoms with Crippen LogP contribution in [0, 0.1) is 11.8 Å². The summed E-state index contributed by atoms with van der Waals surface area (Å²) in [6.07, 6.45) is 0.835. The Bertz CT molecular complexity index is 961. The van der Waals surface area contributed by atoms with Crippen molar-refractivity contribution in [3.05, 3.63) is 45.9 Å². The molecule has 3 rings (SSSR count). The fourth-order valence-electron chi connectivity index (χ4n) is 3.15. The Kier molecular flexibility index (Phi) is 6.87. The maximum atomic E-state index is 12.9. The van der Waals surface area contributed by atoms with E-state index in [1.807, 2.05) is 19.1 Å². The quantitative estimate of drug-likeness (QED) is 0.566. The first-order chi connectivity index (χ1) is 14.4. The van der Waals surface area contributed by atoms with Crippen molar-refractivity contribution in [1.82, 2.24) is 0 Å². The van der Waals surface area contributed by atoms with E-state index in [-0.39, 0.29) is 24.0 Å². The van der Waals surface area contributed by atoms with Gasteiger partial charge in [0.2, 0.25) is 5.91 Å². The van der Waals surface area contributed by atoms with Crippen LogP contribution in [-0.2, 0) is 16.1 Å². The molecular weight excluding hydrogens is 454 g/mol. The summed E-state index contributed by atoms with van der Waals surface area (Å²) in [7, 11) is 4.52. The van der Waals surface area contributed by atoms with Gasteiger partial charge in [0, 0.05) is 28.1 Å². The smallest absolute Gasteiger partial charge is 0.340 e. The summed E-state index contributed by atoms with van der Waals surface area (Å²) in [4.78, 5) is 25.4. The predicted octanol–water partition coefficient (Wildman–Crippen LogP) is 4.43. The van der Waals surface area contributed by atoms with Crippen LogP contribution in [-0.4, -0.2) is 33.2 Å². The van der Waals surface area contributed by atoms with E-state index in [4.69, 9.17) is 18.9 Å². The zero-order valence-corrected chi connectivity index (χ0v) is 18.9. The van der Waals surface area contributed by atoms with Gasteiger partial charge in [-0.15, -0.1) is 0 Å². The molecule has 2 aromatic rings. The van der Waals surface area contributed by atoms with Gasteiger partial charge in [0.25, 0.3) is 0 Å². The third-order valence-electron chi connectivity index (χ3n) is 5.05. The van der Waals surface area contributed by atoms with Gasteiger partial charge in [-0.1, -0.05) is 22.9 Å². The SMILES string of the molecule is COc1ccc(Br)cc1COC(=O)c1cc(OC)c(OC)cc1NC(=O)C1CC1C. The topological polar surface area (TPSA) is 83.1 Å². The highest BCUT2D eigenvalue weighted by Gasteiger charge is 2.39. The van der Waals surface area contributed by atoms with E-state index >= 15 is 0 Å². The minimum Gasteiger partial charge on any atom is -0.496 e. The van der Waals surface area contributed by atoms with Crippen LogP contribution in [0.5, 0.6) is 17.2 Å². The summed E-state index contributed by atoms with van der Waals surface area (Å²) < 4.78 is 22.3. The highest BCUT2D eigenvalue weighted by molar-refractivity contribution is 9.10. The van der Waals surface area contributed by atoms with Crippen LogP contribution in [0.15, 0.2) is 34.8 Å². The minimum absolute atomic E-state index is 0.00281. The van der Waals surface area contributed by atoms with Crippen LogP contribution in [0.3, 0.4) is 0 Å². The summed E-state index contributed by atoms with van der Waals surface area (Å²) in [5.41, 5.74) is 1.21. The molecule has 2 atom stereocenters. The van der Waals surface area contributed by atoms with E-state index in [2.05, 4.69) is 21.2 Å². The van der Waals surface area contributed by atoms with Crippen LogP contribution in [0.2, 0.25) is 0 Å². The van der Waals surface area contributed by atoms with Gasteiger partial charge in [-0.05, 0) is 30.5 Å². The standard InChI is InChI=1S/C22H24BrNO6/c1-12-7-15(12)21(25)24-17-10-20(29-4)19(28-3)9-16(17)22(26)30-11-13-8-14(23)5-6-18(13)27-2/h5-6,8-10,12,15H,7,11H2,1-4H3,(H,24,25). The number of nitrogens with one attached hydrogen (secondary N) is 1. The van der Waals surface area contributed by atoms with E-state index in [9.17, 15) is 9.59 Å². The van der Waals surface area contributed by atoms with Crippen LogP contribution < -0.4 is 19.5 Å². The average Bonchev–Trinajstić information content (AvgIpc) is 3.48. The lowest BCUT2D eigenvalue weighted by atomic mass is 10.1. The third-order valence-corrected chi connectivity index (χ3v) is 5.54. The second-order valence-electron chi connectivity index (χ2n) is 7.09. The van der Waals surface area contributed by atoms with Crippen molar-refractivity contribution in [3.8, 4) is 17.2 Å². The molecule has 0 saturated heterocycles. The fraction of sp³-hybridized carbons (Fsp3) is 0.364. The summed E-state index contributed by atoms with van der Waals surface area (Å²) in [5.74, 6) is 0.936. The predicted molar refractivity (Wildman–Crippen MR) is 115 cm³/mol. The number of ether oxygens (including phenoxy) is 4. The molecule has 0 bridgehead atoms. The van der Waals surface area contributed by atoms with Crippen LogP contribution in [0.25, 0.3) is 0 Å². The molecule has 2 unspecified atom stereocenters. The van der Waals surface area contributed by atoms with Crippen molar-refractivity contribution in [2.75, 3.05) is 26.6 Å². The largest absolute Gasteiger partial charge is 0.496 e. The maximum absolute atomic E-state index is 12.9. The number of amides is 1. The number of anilines is 1. The Morgan fingerprint density at radius 1 is 1.03 bits per heavy atom. The lowest BCUT2D eigenvalue weighted by Crippen LogP contribution is -2.18. The Hall–Kier alpha value is -2.74. The van der Waals surface area contributed by atoms with Crippen molar-refractivity contribution < 1.29 is 28.5 Å². The molecule has 8 heteroatoms. The number of benzene rings is 2. The maximum Gasteiger partial charge on any atom is 0.340 e. The fourth-order valence-corrected chi connectivity index (χ4v) is 3.55. The van der Waals surface area contributed by atoms with Gasteiger partial charge in [0.1, 0.15) is 12.4 Å². The van der Waals surface area contributed by atoms with Crippen molar-refractivity contribution >= 4 is 33.5 Å². The number of rotatable bonds is 8. The Balaban J connectivity index is 1.85. The van der Waals surface area contributed by atoms with Crippen molar-refractivity contribution in [2.24, 2.45) is 11.8 Å². The Labute approximate surface area is 183 Å². The molecule has 7 nitrogen and oxygen atoms in total. The molecule has 0 spiro atoms. The molecule has 1 saturated carbocycles. The average molecular weight is 478 g/mol. The van der Waals surface area contributed by atoms with Gasteiger partial charge in [0.05, 0.1) is 32.6 Å². The zero-order valence-electron chi connectivity index (χ0n) is 17.3. The minimum atomic E-state index is -0.600. The number of carbonyl (C=O) groups is 2. The van der Waals surface area contributed by atoms with Gasteiger partial charge in [-0.3, -0.25) is 4.79 Å². The monoisotopic (exact) mass is 477 g/mol. The molecular formula is C22H24BrNO6. The van der Waals surface area contributed by atoms with Crippen LogP contribution in [0.1, 0.15) is 29.3 Å². The van der Waals surface area contributed by atoms with E-state index in [0.717, 1.165) is 10.9 Å². The van der Waals surface area contributed by atoms with E-state index in [0.29, 0.717) is 34.4 Å². The Morgan fingerprint density at radius 2 is 1.67 bits per heavy atom. The van der Waals surface area contributed by atoms with Gasteiger partial charge >= 0.3 is 5.97 Å². The molecule has 0 aromatic heterocycles. The molecule has 0 heterocycles.